The van der Waals surface area contributed by atoms with Crippen LogP contribution in [0.3, 0.4) is 0 Å². The second-order valence-electron chi connectivity index (χ2n) is 30.4. The molecule has 20 atom stereocenters. The Bertz CT molecular complexity index is 1940. The zero-order valence-electron chi connectivity index (χ0n) is 46.8. The maximum absolute atomic E-state index is 13.4. The summed E-state index contributed by atoms with van der Waals surface area (Å²) >= 11 is 0. The predicted molar refractivity (Wildman–Crippen MR) is 274 cm³/mol. The molecule has 6 heteroatoms. The molecule has 0 saturated heterocycles. The molecule has 0 radical (unpaired) electrons. The Morgan fingerprint density at radius 2 is 0.912 bits per heavy atom. The summed E-state index contributed by atoms with van der Waals surface area (Å²) < 4.78 is 11.6. The van der Waals surface area contributed by atoms with Crippen molar-refractivity contribution in [1.82, 2.24) is 0 Å². The monoisotopic (exact) mass is 945 g/mol. The summed E-state index contributed by atoms with van der Waals surface area (Å²) in [6.45, 7) is 35.0. The number of aliphatic hydroxyl groups excluding tert-OH is 1. The highest BCUT2D eigenvalue weighted by atomic mass is 16.5. The van der Waals surface area contributed by atoms with Crippen molar-refractivity contribution in [2.45, 2.75) is 238 Å². The molecular formula is C62H104O6. The zero-order chi connectivity index (χ0) is 49.8. The molecule has 0 unspecified atom stereocenters. The molecule has 10 fully saturated rings. The standard InChI is InChI=1S/2C31H52O3/c1-19(2)20-11-16-31(26(32)33)18-17-29(6)21(25(20)31)9-10-23-28(5)14-13-24(34-8)27(3,4)22(28)12-15-30(23,29)7;1-19(2)20-11-16-31(26(33)34-8)18-17-29(6)21(25(20)31)9-10-23-28(5)14-13-24(32)27(3,4)22(28)12-15-30(23,29)7/h19-25H,9-18H2,1-8H3,(H,32,33);19-25,32H,9-18H2,1-8H3/t2*20-,21+,22-,23+,24-,25+,28-,29+,30+,31-/m00/s1. The quantitative estimate of drug-likeness (QED) is 0.267. The van der Waals surface area contributed by atoms with E-state index in [-0.39, 0.29) is 39.1 Å². The average Bonchev–Trinajstić information content (AvgIpc) is 3.87. The van der Waals surface area contributed by atoms with Gasteiger partial charge in [0.25, 0.3) is 0 Å². The number of aliphatic carboxylic acids is 1. The molecule has 2 N–H and O–H groups in total. The molecule has 6 nitrogen and oxygen atoms in total. The van der Waals surface area contributed by atoms with Crippen LogP contribution in [-0.2, 0) is 19.1 Å². The van der Waals surface area contributed by atoms with Crippen LogP contribution in [0.25, 0.3) is 0 Å². The number of aliphatic hydroxyl groups is 1. The zero-order valence-corrected chi connectivity index (χ0v) is 46.8. The van der Waals surface area contributed by atoms with Crippen LogP contribution in [0, 0.1) is 125 Å². The van der Waals surface area contributed by atoms with Crippen LogP contribution in [0.15, 0.2) is 0 Å². The van der Waals surface area contributed by atoms with Gasteiger partial charge in [0.2, 0.25) is 0 Å². The van der Waals surface area contributed by atoms with Crippen LogP contribution in [0.4, 0.5) is 0 Å². The molecule has 388 valence electrons. The second kappa shape index (κ2) is 16.7. The number of fused-ring (bicyclic) bond motifs is 14. The molecule has 10 aliphatic carbocycles. The first-order valence-corrected chi connectivity index (χ1v) is 29.1. The Morgan fingerprint density at radius 3 is 1.37 bits per heavy atom. The van der Waals surface area contributed by atoms with E-state index in [9.17, 15) is 19.8 Å². The van der Waals surface area contributed by atoms with Crippen molar-refractivity contribution in [3.8, 4) is 0 Å². The van der Waals surface area contributed by atoms with E-state index in [1.54, 1.807) is 7.11 Å². The van der Waals surface area contributed by atoms with Crippen LogP contribution in [0.5, 0.6) is 0 Å². The largest absolute Gasteiger partial charge is 0.481 e. The minimum absolute atomic E-state index is 0.00682. The topological polar surface area (TPSA) is 93.1 Å². The lowest BCUT2D eigenvalue weighted by atomic mass is 9.32. The predicted octanol–water partition coefficient (Wildman–Crippen LogP) is 15.1. The summed E-state index contributed by atoms with van der Waals surface area (Å²) in [6.07, 6.45) is 23.5. The van der Waals surface area contributed by atoms with Gasteiger partial charge >= 0.3 is 11.9 Å². The van der Waals surface area contributed by atoms with E-state index >= 15 is 0 Å². The highest BCUT2D eigenvalue weighted by Gasteiger charge is 2.74. The second-order valence-corrected chi connectivity index (χ2v) is 30.4. The molecule has 68 heavy (non-hydrogen) atoms. The molecule has 0 amide bonds. The van der Waals surface area contributed by atoms with Crippen LogP contribution >= 0.6 is 0 Å². The fourth-order valence-corrected chi connectivity index (χ4v) is 24.1. The molecule has 10 rings (SSSR count). The first-order valence-electron chi connectivity index (χ1n) is 29.1. The first kappa shape index (κ1) is 51.7. The van der Waals surface area contributed by atoms with E-state index in [2.05, 4.69) is 96.9 Å². The lowest BCUT2D eigenvalue weighted by Crippen LogP contribution is -2.67. The number of carboxylic acids is 1. The van der Waals surface area contributed by atoms with Gasteiger partial charge in [-0.15, -0.1) is 0 Å². The summed E-state index contributed by atoms with van der Waals surface area (Å²) in [4.78, 5) is 26.2. The van der Waals surface area contributed by atoms with E-state index in [0.717, 1.165) is 56.8 Å². The van der Waals surface area contributed by atoms with Gasteiger partial charge in [-0.2, -0.15) is 0 Å². The third-order valence-electron chi connectivity index (χ3n) is 27.9. The van der Waals surface area contributed by atoms with E-state index in [4.69, 9.17) is 9.47 Å². The highest BCUT2D eigenvalue weighted by molar-refractivity contribution is 5.78. The molecule has 0 aromatic carbocycles. The maximum atomic E-state index is 13.4. The molecular weight excluding hydrogens is 841 g/mol. The molecule has 0 spiro atoms. The number of hydrogen-bond acceptors (Lipinski definition) is 5. The molecule has 0 aliphatic heterocycles. The van der Waals surface area contributed by atoms with Crippen molar-refractivity contribution in [1.29, 1.82) is 0 Å². The smallest absolute Gasteiger partial charge is 0.312 e. The number of methoxy groups -OCH3 is 2. The third-order valence-corrected chi connectivity index (χ3v) is 27.9. The van der Waals surface area contributed by atoms with Crippen molar-refractivity contribution in [2.24, 2.45) is 125 Å². The van der Waals surface area contributed by atoms with Gasteiger partial charge in [0, 0.05) is 7.11 Å². The van der Waals surface area contributed by atoms with Gasteiger partial charge in [0.15, 0.2) is 0 Å². The number of esters is 1. The molecule has 0 bridgehead atoms. The SMILES string of the molecule is COC(=O)[C@]12CC[C@@H](C(C)C)[C@@H]1[C@H]1CC[C@@H]3[C@@]4(C)CC[C@H](O)C(C)(C)[C@@H]4CC[C@@]3(C)[C@]1(C)CC2.CO[C@H]1CC[C@]2(C)[C@H]3CC[C@@H]4[C@H]5[C@H](C(C)C)CC[C@]5(C(=O)O)CC[C@@]4(C)[C@]3(C)CC[C@H]2C1(C)C. The minimum atomic E-state index is -0.481. The van der Waals surface area contributed by atoms with Crippen molar-refractivity contribution in [3.63, 3.8) is 0 Å². The Kier molecular flexibility index (Phi) is 12.7. The van der Waals surface area contributed by atoms with E-state index < -0.39 is 11.4 Å². The summed E-state index contributed by atoms with van der Waals surface area (Å²) in [6, 6.07) is 0. The first-order chi connectivity index (χ1) is 31.6. The van der Waals surface area contributed by atoms with Gasteiger partial charge in [-0.05, 0) is 243 Å². The number of carbonyl (C=O) groups is 2. The average molecular weight is 946 g/mol. The fraction of sp³-hybridized carbons (Fsp3) is 0.968. The van der Waals surface area contributed by atoms with Gasteiger partial charge in [0.05, 0.1) is 30.1 Å². The number of rotatable bonds is 5. The van der Waals surface area contributed by atoms with Gasteiger partial charge in [-0.3, -0.25) is 9.59 Å². The maximum Gasteiger partial charge on any atom is 0.312 e. The van der Waals surface area contributed by atoms with Crippen LogP contribution < -0.4 is 0 Å². The highest BCUT2D eigenvalue weighted by Crippen LogP contribution is 2.80. The van der Waals surface area contributed by atoms with Crippen LogP contribution in [0.1, 0.15) is 225 Å². The Morgan fingerprint density at radius 1 is 0.471 bits per heavy atom. The number of ether oxygens (including phenoxy) is 2. The summed E-state index contributed by atoms with van der Waals surface area (Å²) in [5.74, 6) is 6.85. The van der Waals surface area contributed by atoms with Crippen LogP contribution in [-0.4, -0.2) is 48.6 Å². The Hall–Kier alpha value is -1.14. The molecule has 0 aromatic rings. The minimum Gasteiger partial charge on any atom is -0.481 e. The number of carbonyl (C=O) groups excluding carboxylic acids is 1. The number of hydrogen-bond donors (Lipinski definition) is 2. The molecule has 10 saturated carbocycles. The normalized spacial score (nSPS) is 54.0. The van der Waals surface area contributed by atoms with E-state index in [1.807, 2.05) is 7.11 Å². The van der Waals surface area contributed by atoms with Crippen molar-refractivity contribution in [2.75, 3.05) is 14.2 Å². The number of carboxylic acid groups (broad SMARTS) is 1. The van der Waals surface area contributed by atoms with Crippen LogP contribution in [0.2, 0.25) is 0 Å². The summed E-state index contributed by atoms with van der Waals surface area (Å²) in [5, 5.41) is 21.5. The lowest BCUT2D eigenvalue weighted by molar-refractivity contribution is -0.251. The fourth-order valence-electron chi connectivity index (χ4n) is 24.1. The Labute approximate surface area is 416 Å². The van der Waals surface area contributed by atoms with Gasteiger partial charge in [-0.1, -0.05) is 96.9 Å². The van der Waals surface area contributed by atoms with Gasteiger partial charge in [0.1, 0.15) is 0 Å². The lowest BCUT2D eigenvalue weighted by Gasteiger charge is -2.72. The molecule has 0 heterocycles. The summed E-state index contributed by atoms with van der Waals surface area (Å²) in [7, 11) is 3.53. The Balaban J connectivity index is 0.000000170. The van der Waals surface area contributed by atoms with Crippen molar-refractivity contribution in [3.05, 3.63) is 0 Å². The molecule has 10 aliphatic rings. The molecule has 0 aromatic heterocycles. The van der Waals surface area contributed by atoms with Gasteiger partial charge < -0.3 is 19.7 Å². The van der Waals surface area contributed by atoms with Gasteiger partial charge in [-0.25, -0.2) is 0 Å². The van der Waals surface area contributed by atoms with Crippen molar-refractivity contribution < 1.29 is 29.3 Å². The third kappa shape index (κ3) is 6.56. The van der Waals surface area contributed by atoms with E-state index in [0.29, 0.717) is 86.9 Å². The van der Waals surface area contributed by atoms with Crippen molar-refractivity contribution >= 4 is 11.9 Å². The van der Waals surface area contributed by atoms with E-state index in [1.165, 1.54) is 83.5 Å². The summed E-state index contributed by atoms with van der Waals surface area (Å²) in [5.41, 5.74) is 1.38.